The number of likely N-dealkylation sites (tertiary alicyclic amines) is 1. The lowest BCUT2D eigenvalue weighted by atomic mass is 10.0. The lowest BCUT2D eigenvalue weighted by Gasteiger charge is -2.34. The molecule has 1 aromatic carbocycles. The molecule has 0 radical (unpaired) electrons. The number of nitrogens with one attached hydrogen (secondary N) is 1. The van der Waals surface area contributed by atoms with Gasteiger partial charge < -0.3 is 15.0 Å². The van der Waals surface area contributed by atoms with Crippen molar-refractivity contribution >= 4 is 6.03 Å². The molecule has 0 bridgehead atoms. The Kier molecular flexibility index (Phi) is 5.63. The Morgan fingerprint density at radius 1 is 1.08 bits per heavy atom. The van der Waals surface area contributed by atoms with Gasteiger partial charge in [0.25, 0.3) is 0 Å². The van der Waals surface area contributed by atoms with Gasteiger partial charge in [-0.15, -0.1) is 0 Å². The smallest absolute Gasteiger partial charge is 0.317 e. The van der Waals surface area contributed by atoms with Crippen LogP contribution in [-0.2, 0) is 11.3 Å². The first-order chi connectivity index (χ1) is 11.6. The Morgan fingerprint density at radius 2 is 1.71 bits per heavy atom. The molecule has 2 saturated heterocycles. The average Bonchev–Trinajstić information content (AvgIpc) is 2.56. The molecule has 0 aliphatic carbocycles. The van der Waals surface area contributed by atoms with E-state index in [0.29, 0.717) is 38.4 Å². The van der Waals surface area contributed by atoms with Crippen LogP contribution < -0.4 is 5.32 Å². The molecule has 132 valence electrons. The van der Waals surface area contributed by atoms with Gasteiger partial charge in [-0.1, -0.05) is 0 Å². The molecule has 2 aliphatic heterocycles. The van der Waals surface area contributed by atoms with Crippen molar-refractivity contribution in [1.29, 1.82) is 0 Å². The quantitative estimate of drug-likeness (QED) is 0.916. The van der Waals surface area contributed by atoms with E-state index in [1.54, 1.807) is 4.90 Å². The maximum atomic E-state index is 13.2. The molecule has 0 unspecified atom stereocenters. The number of morpholine rings is 1. The largest absolute Gasteiger partial charge is 0.378 e. The first-order valence-corrected chi connectivity index (χ1v) is 8.40. The van der Waals surface area contributed by atoms with Crippen molar-refractivity contribution in [2.45, 2.75) is 25.4 Å². The SMILES string of the molecule is O=C(NC1CCN(Cc2cc(F)cc(F)c2)CC1)N1CCOCC1. The summed E-state index contributed by atoms with van der Waals surface area (Å²) in [5.74, 6) is -1.09. The van der Waals surface area contributed by atoms with Gasteiger partial charge in [0.1, 0.15) is 11.6 Å². The Morgan fingerprint density at radius 3 is 2.33 bits per heavy atom. The summed E-state index contributed by atoms with van der Waals surface area (Å²) in [6.07, 6.45) is 1.68. The van der Waals surface area contributed by atoms with E-state index in [4.69, 9.17) is 4.74 Å². The second-order valence-electron chi connectivity index (χ2n) is 6.38. The predicted molar refractivity (Wildman–Crippen MR) is 85.6 cm³/mol. The summed E-state index contributed by atoms with van der Waals surface area (Å²) in [5, 5.41) is 3.08. The summed E-state index contributed by atoms with van der Waals surface area (Å²) in [6, 6.07) is 3.76. The zero-order valence-electron chi connectivity index (χ0n) is 13.6. The number of nitrogens with zero attached hydrogens (tertiary/aromatic N) is 2. The van der Waals surface area contributed by atoms with Gasteiger partial charge in [0.15, 0.2) is 0 Å². The van der Waals surface area contributed by atoms with Gasteiger partial charge in [-0.05, 0) is 30.5 Å². The van der Waals surface area contributed by atoms with Crippen molar-refractivity contribution < 1.29 is 18.3 Å². The van der Waals surface area contributed by atoms with Crippen LogP contribution in [0.25, 0.3) is 0 Å². The third-order valence-corrected chi connectivity index (χ3v) is 4.54. The van der Waals surface area contributed by atoms with E-state index in [1.807, 2.05) is 0 Å². The summed E-state index contributed by atoms with van der Waals surface area (Å²) < 4.78 is 31.7. The number of urea groups is 1. The van der Waals surface area contributed by atoms with E-state index in [2.05, 4.69) is 10.2 Å². The Bertz CT molecular complexity index is 551. The summed E-state index contributed by atoms with van der Waals surface area (Å²) >= 11 is 0. The molecule has 3 rings (SSSR count). The third-order valence-electron chi connectivity index (χ3n) is 4.54. The number of piperidine rings is 1. The van der Waals surface area contributed by atoms with E-state index in [9.17, 15) is 13.6 Å². The van der Waals surface area contributed by atoms with E-state index >= 15 is 0 Å². The van der Waals surface area contributed by atoms with Crippen molar-refractivity contribution in [2.24, 2.45) is 0 Å². The number of carbonyl (C=O) groups excluding carboxylic acids is 1. The van der Waals surface area contributed by atoms with Crippen LogP contribution in [0.1, 0.15) is 18.4 Å². The van der Waals surface area contributed by atoms with Crippen LogP contribution in [0, 0.1) is 11.6 Å². The van der Waals surface area contributed by atoms with Crippen LogP contribution in [0.5, 0.6) is 0 Å². The molecule has 0 atom stereocenters. The Balaban J connectivity index is 1.44. The maximum absolute atomic E-state index is 13.2. The first-order valence-electron chi connectivity index (χ1n) is 8.40. The lowest BCUT2D eigenvalue weighted by molar-refractivity contribution is 0.0516. The fourth-order valence-electron chi connectivity index (χ4n) is 3.23. The Labute approximate surface area is 140 Å². The molecule has 0 spiro atoms. The molecule has 1 N–H and O–H groups in total. The number of carbonyl (C=O) groups is 1. The minimum Gasteiger partial charge on any atom is -0.378 e. The fourth-order valence-corrected chi connectivity index (χ4v) is 3.23. The predicted octanol–water partition coefficient (Wildman–Crippen LogP) is 1.97. The highest BCUT2D eigenvalue weighted by atomic mass is 19.1. The molecule has 1 aromatic rings. The van der Waals surface area contributed by atoms with Gasteiger partial charge in [0.2, 0.25) is 0 Å². The number of rotatable bonds is 3. The topological polar surface area (TPSA) is 44.8 Å². The van der Waals surface area contributed by atoms with Gasteiger partial charge in [0.05, 0.1) is 13.2 Å². The highest BCUT2D eigenvalue weighted by molar-refractivity contribution is 5.74. The molecule has 2 aliphatic rings. The van der Waals surface area contributed by atoms with Gasteiger partial charge in [-0.25, -0.2) is 13.6 Å². The molecule has 0 aromatic heterocycles. The molecule has 7 heteroatoms. The van der Waals surface area contributed by atoms with Gasteiger partial charge in [0, 0.05) is 44.8 Å². The number of halogens is 2. The number of amides is 2. The highest BCUT2D eigenvalue weighted by Gasteiger charge is 2.24. The zero-order valence-corrected chi connectivity index (χ0v) is 13.6. The van der Waals surface area contributed by atoms with Crippen LogP contribution >= 0.6 is 0 Å². The molecule has 0 saturated carbocycles. The second-order valence-corrected chi connectivity index (χ2v) is 6.38. The van der Waals surface area contributed by atoms with Crippen LogP contribution in [0.4, 0.5) is 13.6 Å². The zero-order chi connectivity index (χ0) is 16.9. The van der Waals surface area contributed by atoms with E-state index in [-0.39, 0.29) is 12.1 Å². The molecule has 2 amide bonds. The van der Waals surface area contributed by atoms with Crippen LogP contribution in [0.15, 0.2) is 18.2 Å². The monoisotopic (exact) mass is 339 g/mol. The normalized spacial score (nSPS) is 20.2. The summed E-state index contributed by atoms with van der Waals surface area (Å²) in [7, 11) is 0. The first kappa shape index (κ1) is 17.1. The Hall–Kier alpha value is -1.73. The minimum atomic E-state index is -0.544. The average molecular weight is 339 g/mol. The number of benzene rings is 1. The standard InChI is InChI=1S/C17H23F2N3O2/c18-14-9-13(10-15(19)11-14)12-21-3-1-16(2-4-21)20-17(23)22-5-7-24-8-6-22/h9-11,16H,1-8,12H2,(H,20,23). The highest BCUT2D eigenvalue weighted by Crippen LogP contribution is 2.16. The second kappa shape index (κ2) is 7.90. The van der Waals surface area contributed by atoms with Gasteiger partial charge in [-0.2, -0.15) is 0 Å². The molecule has 2 fully saturated rings. The lowest BCUT2D eigenvalue weighted by Crippen LogP contribution is -2.51. The van der Waals surface area contributed by atoms with E-state index in [1.165, 1.54) is 12.1 Å². The van der Waals surface area contributed by atoms with E-state index < -0.39 is 11.6 Å². The van der Waals surface area contributed by atoms with E-state index in [0.717, 1.165) is 32.0 Å². The molecular weight excluding hydrogens is 316 g/mol. The number of ether oxygens (including phenoxy) is 1. The van der Waals surface area contributed by atoms with Crippen molar-refractivity contribution in [1.82, 2.24) is 15.1 Å². The minimum absolute atomic E-state index is 0.0241. The maximum Gasteiger partial charge on any atom is 0.317 e. The third kappa shape index (κ3) is 4.64. The summed E-state index contributed by atoms with van der Waals surface area (Å²) in [4.78, 5) is 16.1. The van der Waals surface area contributed by atoms with Crippen molar-refractivity contribution in [3.05, 3.63) is 35.4 Å². The van der Waals surface area contributed by atoms with Crippen LogP contribution in [0.2, 0.25) is 0 Å². The molecule has 5 nitrogen and oxygen atoms in total. The van der Waals surface area contributed by atoms with Crippen molar-refractivity contribution in [3.63, 3.8) is 0 Å². The van der Waals surface area contributed by atoms with Gasteiger partial charge >= 0.3 is 6.03 Å². The van der Waals surface area contributed by atoms with Crippen molar-refractivity contribution in [3.8, 4) is 0 Å². The van der Waals surface area contributed by atoms with Crippen molar-refractivity contribution in [2.75, 3.05) is 39.4 Å². The van der Waals surface area contributed by atoms with Crippen LogP contribution in [-0.4, -0.2) is 61.3 Å². The summed E-state index contributed by atoms with van der Waals surface area (Å²) in [5.41, 5.74) is 0.642. The fraction of sp³-hybridized carbons (Fsp3) is 0.588. The molecule has 2 heterocycles. The summed E-state index contributed by atoms with van der Waals surface area (Å²) in [6.45, 7) is 4.58. The number of hydrogen-bond donors (Lipinski definition) is 1. The van der Waals surface area contributed by atoms with Crippen LogP contribution in [0.3, 0.4) is 0 Å². The molecular formula is C17H23F2N3O2. The molecule has 24 heavy (non-hydrogen) atoms. The number of hydrogen-bond acceptors (Lipinski definition) is 3. The van der Waals surface area contributed by atoms with Gasteiger partial charge in [-0.3, -0.25) is 4.90 Å².